The molecule has 1 saturated heterocycles. The summed E-state index contributed by atoms with van der Waals surface area (Å²) in [6.07, 6.45) is -3.18. The van der Waals surface area contributed by atoms with Crippen molar-refractivity contribution >= 4 is 33.7 Å². The fourth-order valence-electron chi connectivity index (χ4n) is 4.44. The highest BCUT2D eigenvalue weighted by atomic mass is 32.2. The molecule has 0 atom stereocenters. The molecular weight excluding hydrogens is 537 g/mol. The molecular formula is C26H27F3N4O5S. The average Bonchev–Trinajstić information content (AvgIpc) is 3.17. The van der Waals surface area contributed by atoms with Gasteiger partial charge in [0.2, 0.25) is 10.0 Å². The van der Waals surface area contributed by atoms with Gasteiger partial charge in [0, 0.05) is 43.7 Å². The topological polar surface area (TPSA) is 108 Å². The van der Waals surface area contributed by atoms with Gasteiger partial charge >= 0.3 is 6.36 Å². The van der Waals surface area contributed by atoms with Gasteiger partial charge in [0.05, 0.1) is 0 Å². The first-order valence-corrected chi connectivity index (χ1v) is 13.5. The molecule has 0 aliphatic carbocycles. The van der Waals surface area contributed by atoms with E-state index in [1.54, 1.807) is 39.2 Å². The van der Waals surface area contributed by atoms with Crippen LogP contribution in [0, 0.1) is 6.92 Å². The average molecular weight is 565 g/mol. The number of alkyl halides is 3. The molecule has 2 heterocycles. The molecule has 1 spiro atoms. The van der Waals surface area contributed by atoms with Crippen molar-refractivity contribution in [3.05, 3.63) is 70.1 Å². The van der Waals surface area contributed by atoms with Crippen LogP contribution in [0.5, 0.6) is 5.75 Å². The van der Waals surface area contributed by atoms with E-state index < -0.39 is 33.6 Å². The molecule has 2 aromatic rings. The summed E-state index contributed by atoms with van der Waals surface area (Å²) in [5.41, 5.74) is 0.906. The number of hydrogen-bond donors (Lipinski definition) is 1. The van der Waals surface area contributed by atoms with Crippen molar-refractivity contribution in [3.63, 3.8) is 0 Å². The van der Waals surface area contributed by atoms with Crippen molar-refractivity contribution in [3.8, 4) is 5.75 Å². The number of carbonyl (C=O) groups excluding carboxylic acids is 2. The molecule has 2 aromatic carbocycles. The Morgan fingerprint density at radius 2 is 1.85 bits per heavy atom. The lowest BCUT2D eigenvalue weighted by Crippen LogP contribution is -2.50. The molecule has 13 heteroatoms. The highest BCUT2D eigenvalue weighted by Crippen LogP contribution is 2.33. The number of carbonyl (C=O) groups is 2. The maximum absolute atomic E-state index is 13.0. The van der Waals surface area contributed by atoms with E-state index >= 15 is 0 Å². The first-order valence-electron chi connectivity index (χ1n) is 12.0. The van der Waals surface area contributed by atoms with E-state index in [0.717, 1.165) is 23.1 Å². The van der Waals surface area contributed by atoms with Crippen molar-refractivity contribution < 1.29 is 35.9 Å². The number of amides is 2. The van der Waals surface area contributed by atoms with Crippen LogP contribution in [0.2, 0.25) is 0 Å². The summed E-state index contributed by atoms with van der Waals surface area (Å²) in [6.45, 7) is 1.84. The first kappa shape index (κ1) is 28.3. The number of sulfonamides is 1. The second-order valence-electron chi connectivity index (χ2n) is 9.54. The lowest BCUT2D eigenvalue weighted by atomic mass is 9.89. The van der Waals surface area contributed by atoms with Gasteiger partial charge in [0.1, 0.15) is 17.1 Å². The van der Waals surface area contributed by atoms with E-state index in [0.29, 0.717) is 11.1 Å². The number of hydrogen-bond acceptors (Lipinski definition) is 6. The third-order valence-corrected chi connectivity index (χ3v) is 8.14. The smallest absolute Gasteiger partial charge is 0.406 e. The van der Waals surface area contributed by atoms with Gasteiger partial charge in [-0.1, -0.05) is 18.2 Å². The number of nitrogens with one attached hydrogen (secondary N) is 1. The Morgan fingerprint density at radius 1 is 1.15 bits per heavy atom. The van der Waals surface area contributed by atoms with Crippen LogP contribution in [0.1, 0.15) is 39.9 Å². The van der Waals surface area contributed by atoms with E-state index in [-0.39, 0.29) is 43.2 Å². The zero-order valence-corrected chi connectivity index (χ0v) is 22.3. The number of aryl methyl sites for hydroxylation is 1. The lowest BCUT2D eigenvalue weighted by molar-refractivity contribution is -0.274. The summed E-state index contributed by atoms with van der Waals surface area (Å²) in [5.74, 6) is -0.932. The minimum atomic E-state index is -4.86. The number of benzene rings is 2. The number of nitrogens with zero attached hydrogens (tertiary/aromatic N) is 3. The minimum Gasteiger partial charge on any atom is -0.406 e. The van der Waals surface area contributed by atoms with Gasteiger partial charge in [0.25, 0.3) is 11.8 Å². The number of amidine groups is 1. The second-order valence-corrected chi connectivity index (χ2v) is 11.4. The Kier molecular flexibility index (Phi) is 7.59. The molecule has 0 unspecified atom stereocenters. The second kappa shape index (κ2) is 10.5. The molecule has 2 aliphatic heterocycles. The molecule has 2 amide bonds. The van der Waals surface area contributed by atoms with Gasteiger partial charge < -0.3 is 15.0 Å². The zero-order chi connectivity index (χ0) is 28.6. The Balaban J connectivity index is 1.45. The summed E-state index contributed by atoms with van der Waals surface area (Å²) >= 11 is 0. The molecule has 2 aliphatic rings. The van der Waals surface area contributed by atoms with Crippen LogP contribution in [-0.4, -0.2) is 74.4 Å². The van der Waals surface area contributed by atoms with Crippen molar-refractivity contribution in [2.75, 3.05) is 27.2 Å². The Hall–Kier alpha value is -3.71. The van der Waals surface area contributed by atoms with Crippen molar-refractivity contribution in [2.45, 2.75) is 31.7 Å². The predicted octanol–water partition coefficient (Wildman–Crippen LogP) is 3.31. The summed E-state index contributed by atoms with van der Waals surface area (Å²) in [5, 5.41) is 3.71. The molecule has 1 fully saturated rings. The van der Waals surface area contributed by atoms with Crippen molar-refractivity contribution in [1.29, 1.82) is 0 Å². The van der Waals surface area contributed by atoms with E-state index in [1.165, 1.54) is 27.4 Å². The molecule has 0 bridgehead atoms. The van der Waals surface area contributed by atoms with E-state index in [4.69, 9.17) is 0 Å². The monoisotopic (exact) mass is 564 g/mol. The Labute approximate surface area is 224 Å². The van der Waals surface area contributed by atoms with Gasteiger partial charge in [-0.2, -0.15) is 4.31 Å². The van der Waals surface area contributed by atoms with Gasteiger partial charge in [-0.05, 0) is 61.2 Å². The van der Waals surface area contributed by atoms with Crippen LogP contribution in [0.4, 0.5) is 13.2 Å². The molecule has 4 rings (SSSR count). The van der Waals surface area contributed by atoms with E-state index in [2.05, 4.69) is 15.0 Å². The summed E-state index contributed by atoms with van der Waals surface area (Å²) in [6, 6.07) is 10.1. The van der Waals surface area contributed by atoms with Gasteiger partial charge in [-0.25, -0.2) is 8.42 Å². The number of rotatable bonds is 6. The van der Waals surface area contributed by atoms with Crippen LogP contribution in [-0.2, 0) is 14.8 Å². The van der Waals surface area contributed by atoms with Crippen LogP contribution < -0.4 is 10.1 Å². The largest absolute Gasteiger partial charge is 0.573 e. The van der Waals surface area contributed by atoms with Crippen LogP contribution in [0.3, 0.4) is 0 Å². The molecule has 9 nitrogen and oxygen atoms in total. The summed E-state index contributed by atoms with van der Waals surface area (Å²) < 4.78 is 68.9. The van der Waals surface area contributed by atoms with E-state index in [9.17, 15) is 31.2 Å². The number of ether oxygens (including phenoxy) is 1. The maximum Gasteiger partial charge on any atom is 0.573 e. The van der Waals surface area contributed by atoms with Gasteiger partial charge in [0.15, 0.2) is 0 Å². The van der Waals surface area contributed by atoms with Gasteiger partial charge in [-0.3, -0.25) is 14.6 Å². The quantitative estimate of drug-likeness (QED) is 0.579. The molecule has 39 heavy (non-hydrogen) atoms. The SMILES string of the molecule is Cc1cc(C(=O)N(C)C)ccc1/C=C/S(=O)(=O)N1CCC2(CC1)N=C(c1cccc(OC(F)(F)F)c1)NC2=O. The maximum atomic E-state index is 13.0. The fraction of sp³-hybridized carbons (Fsp3) is 0.346. The van der Waals surface area contributed by atoms with Crippen LogP contribution >= 0.6 is 0 Å². The molecule has 0 aromatic heterocycles. The van der Waals surface area contributed by atoms with Gasteiger partial charge in [-0.15, -0.1) is 13.2 Å². The number of piperidine rings is 1. The molecule has 0 saturated carbocycles. The Bertz CT molecular complexity index is 1460. The van der Waals surface area contributed by atoms with Crippen LogP contribution in [0.25, 0.3) is 6.08 Å². The third-order valence-electron chi connectivity index (χ3n) is 6.57. The molecule has 208 valence electrons. The van der Waals surface area contributed by atoms with Crippen molar-refractivity contribution in [1.82, 2.24) is 14.5 Å². The number of aliphatic imine (C=N–C) groups is 1. The Morgan fingerprint density at radius 3 is 2.46 bits per heavy atom. The highest BCUT2D eigenvalue weighted by molar-refractivity contribution is 7.92. The normalized spacial score (nSPS) is 17.8. The third kappa shape index (κ3) is 6.31. The van der Waals surface area contributed by atoms with Crippen molar-refractivity contribution in [2.24, 2.45) is 4.99 Å². The summed E-state index contributed by atoms with van der Waals surface area (Å²) in [7, 11) is -0.524. The molecule has 0 radical (unpaired) electrons. The van der Waals surface area contributed by atoms with E-state index in [1.807, 2.05) is 0 Å². The fourth-order valence-corrected chi connectivity index (χ4v) is 5.62. The molecule has 1 N–H and O–H groups in total. The zero-order valence-electron chi connectivity index (χ0n) is 21.4. The standard InChI is InChI=1S/C26H27F3N4O5S/c1-17-15-20(23(34)32(2)3)8-7-18(17)9-14-39(36,37)33-12-10-25(11-13-33)24(35)30-22(31-25)19-5-4-6-21(16-19)38-26(27,28)29/h4-9,14-16H,10-13H2,1-3H3,(H,30,31,35)/b14-9+. The highest BCUT2D eigenvalue weighted by Gasteiger charge is 2.47. The lowest BCUT2D eigenvalue weighted by Gasteiger charge is -2.34. The minimum absolute atomic E-state index is 0.0311. The first-order chi connectivity index (χ1) is 18.2. The van der Waals surface area contributed by atoms with Crippen LogP contribution in [0.15, 0.2) is 52.9 Å². The summed E-state index contributed by atoms with van der Waals surface area (Å²) in [4.78, 5) is 30.9. The predicted molar refractivity (Wildman–Crippen MR) is 138 cm³/mol. The number of halogens is 3.